The number of rotatable bonds is 3. The van der Waals surface area contributed by atoms with Crippen molar-refractivity contribution in [3.63, 3.8) is 0 Å². The Morgan fingerprint density at radius 2 is 1.85 bits per heavy atom. The number of nitrogens with zero attached hydrogens (tertiary/aromatic N) is 2. The molecule has 5 rings (SSSR count). The molecule has 1 aromatic heterocycles. The fourth-order valence-electron chi connectivity index (χ4n) is 5.74. The van der Waals surface area contributed by atoms with E-state index in [-0.39, 0.29) is 5.41 Å². The van der Waals surface area contributed by atoms with Crippen LogP contribution in [0.25, 0.3) is 0 Å². The lowest BCUT2D eigenvalue weighted by molar-refractivity contribution is -0.00987. The Morgan fingerprint density at radius 1 is 1.30 bits per heavy atom. The standard InChI is InChI=1S/C16H22N2O2/c1-2-18-14(13(9-17-18)15(19)20)16-6-10-3-11(7-16)5-12(4-10)8-16/h9-12H,2-8H2,1H3,(H,19,20). The van der Waals surface area contributed by atoms with Crippen LogP contribution in [0.5, 0.6) is 0 Å². The van der Waals surface area contributed by atoms with E-state index in [9.17, 15) is 9.90 Å². The van der Waals surface area contributed by atoms with Gasteiger partial charge in [0.15, 0.2) is 0 Å². The summed E-state index contributed by atoms with van der Waals surface area (Å²) < 4.78 is 1.95. The Hall–Kier alpha value is -1.32. The molecule has 108 valence electrons. The summed E-state index contributed by atoms with van der Waals surface area (Å²) >= 11 is 0. The van der Waals surface area contributed by atoms with Gasteiger partial charge in [-0.05, 0) is 63.2 Å². The van der Waals surface area contributed by atoms with Crippen molar-refractivity contribution in [3.8, 4) is 0 Å². The molecule has 1 N–H and O–H groups in total. The van der Waals surface area contributed by atoms with E-state index < -0.39 is 5.97 Å². The van der Waals surface area contributed by atoms with Crippen molar-refractivity contribution in [2.75, 3.05) is 0 Å². The second-order valence-electron chi connectivity index (χ2n) is 7.23. The quantitative estimate of drug-likeness (QED) is 0.921. The molecule has 0 saturated heterocycles. The minimum Gasteiger partial charge on any atom is -0.478 e. The first-order valence-electron chi connectivity index (χ1n) is 7.91. The zero-order chi connectivity index (χ0) is 13.9. The van der Waals surface area contributed by atoms with Crippen LogP contribution in [-0.4, -0.2) is 20.9 Å². The first-order chi connectivity index (χ1) is 9.61. The van der Waals surface area contributed by atoms with Crippen LogP contribution >= 0.6 is 0 Å². The largest absolute Gasteiger partial charge is 0.478 e. The highest BCUT2D eigenvalue weighted by Crippen LogP contribution is 2.61. The molecule has 0 unspecified atom stereocenters. The summed E-state index contributed by atoms with van der Waals surface area (Å²) in [5.41, 5.74) is 1.59. The van der Waals surface area contributed by atoms with Crippen molar-refractivity contribution < 1.29 is 9.90 Å². The summed E-state index contributed by atoms with van der Waals surface area (Å²) in [5, 5.41) is 13.9. The summed E-state index contributed by atoms with van der Waals surface area (Å²) in [7, 11) is 0. The molecular weight excluding hydrogens is 252 g/mol. The molecule has 4 nitrogen and oxygen atoms in total. The molecule has 1 aromatic rings. The van der Waals surface area contributed by atoms with E-state index in [1.807, 2.05) is 4.68 Å². The molecule has 0 atom stereocenters. The first kappa shape index (κ1) is 12.4. The topological polar surface area (TPSA) is 55.1 Å². The van der Waals surface area contributed by atoms with E-state index in [0.717, 1.165) is 30.0 Å². The molecular formula is C16H22N2O2. The van der Waals surface area contributed by atoms with Gasteiger partial charge in [0.1, 0.15) is 5.56 Å². The van der Waals surface area contributed by atoms with Gasteiger partial charge in [0, 0.05) is 12.0 Å². The number of aromatic carboxylic acids is 1. The fourth-order valence-corrected chi connectivity index (χ4v) is 5.74. The van der Waals surface area contributed by atoms with Crippen LogP contribution in [0, 0.1) is 17.8 Å². The molecule has 4 aliphatic rings. The third kappa shape index (κ3) is 1.60. The fraction of sp³-hybridized carbons (Fsp3) is 0.750. The Labute approximate surface area is 119 Å². The summed E-state index contributed by atoms with van der Waals surface area (Å²) in [6.07, 6.45) is 9.26. The summed E-state index contributed by atoms with van der Waals surface area (Å²) in [6.45, 7) is 2.83. The number of carboxylic acids is 1. The predicted molar refractivity (Wildman–Crippen MR) is 74.7 cm³/mol. The van der Waals surface area contributed by atoms with Gasteiger partial charge in [0.2, 0.25) is 0 Å². The van der Waals surface area contributed by atoms with Crippen molar-refractivity contribution in [1.29, 1.82) is 0 Å². The molecule has 1 heterocycles. The van der Waals surface area contributed by atoms with Crippen LogP contribution < -0.4 is 0 Å². The van der Waals surface area contributed by atoms with Gasteiger partial charge in [-0.25, -0.2) is 4.79 Å². The monoisotopic (exact) mass is 274 g/mol. The van der Waals surface area contributed by atoms with Gasteiger partial charge in [-0.3, -0.25) is 4.68 Å². The van der Waals surface area contributed by atoms with E-state index in [1.165, 1.54) is 38.5 Å². The van der Waals surface area contributed by atoms with Crippen LogP contribution in [-0.2, 0) is 12.0 Å². The van der Waals surface area contributed by atoms with Gasteiger partial charge in [0.25, 0.3) is 0 Å². The number of carbonyl (C=O) groups is 1. The smallest absolute Gasteiger partial charge is 0.339 e. The third-order valence-corrected chi connectivity index (χ3v) is 5.91. The molecule has 4 bridgehead atoms. The average Bonchev–Trinajstić information content (AvgIpc) is 2.81. The highest BCUT2D eigenvalue weighted by molar-refractivity contribution is 5.89. The number of hydrogen-bond donors (Lipinski definition) is 1. The second-order valence-corrected chi connectivity index (χ2v) is 7.23. The SMILES string of the molecule is CCn1ncc(C(=O)O)c1C12CC3CC(CC(C3)C1)C2. The van der Waals surface area contributed by atoms with Crippen molar-refractivity contribution in [3.05, 3.63) is 17.5 Å². The number of aryl methyl sites for hydroxylation is 1. The van der Waals surface area contributed by atoms with E-state index in [1.54, 1.807) is 6.20 Å². The number of carboxylic acid groups (broad SMARTS) is 1. The zero-order valence-electron chi connectivity index (χ0n) is 12.0. The second kappa shape index (κ2) is 4.09. The number of aromatic nitrogens is 2. The van der Waals surface area contributed by atoms with Crippen LogP contribution in [0.15, 0.2) is 6.20 Å². The normalized spacial score (nSPS) is 38.4. The lowest BCUT2D eigenvalue weighted by atomic mass is 9.48. The molecule has 4 heteroatoms. The highest BCUT2D eigenvalue weighted by atomic mass is 16.4. The molecule has 4 fully saturated rings. The van der Waals surface area contributed by atoms with Gasteiger partial charge in [-0.2, -0.15) is 5.10 Å². The lowest BCUT2D eigenvalue weighted by Crippen LogP contribution is -2.50. The average molecular weight is 274 g/mol. The molecule has 0 radical (unpaired) electrons. The molecule has 20 heavy (non-hydrogen) atoms. The molecule has 0 aromatic carbocycles. The van der Waals surface area contributed by atoms with E-state index in [0.29, 0.717) is 5.56 Å². The van der Waals surface area contributed by atoms with Crippen LogP contribution in [0.4, 0.5) is 0 Å². The van der Waals surface area contributed by atoms with E-state index in [2.05, 4.69) is 12.0 Å². The Balaban J connectivity index is 1.84. The maximum absolute atomic E-state index is 11.6. The maximum Gasteiger partial charge on any atom is 0.339 e. The van der Waals surface area contributed by atoms with Crippen LogP contribution in [0.2, 0.25) is 0 Å². The maximum atomic E-state index is 11.6. The molecule has 4 saturated carbocycles. The highest BCUT2D eigenvalue weighted by Gasteiger charge is 2.54. The van der Waals surface area contributed by atoms with Crippen molar-refractivity contribution >= 4 is 5.97 Å². The first-order valence-corrected chi connectivity index (χ1v) is 7.91. The summed E-state index contributed by atoms with van der Waals surface area (Å²) in [5.74, 6) is 1.66. The third-order valence-electron chi connectivity index (χ3n) is 5.91. The van der Waals surface area contributed by atoms with Gasteiger partial charge >= 0.3 is 5.97 Å². The zero-order valence-corrected chi connectivity index (χ0v) is 12.0. The van der Waals surface area contributed by atoms with Crippen LogP contribution in [0.1, 0.15) is 61.5 Å². The number of hydrogen-bond acceptors (Lipinski definition) is 2. The Kier molecular flexibility index (Phi) is 2.54. The van der Waals surface area contributed by atoms with Crippen molar-refractivity contribution in [2.24, 2.45) is 17.8 Å². The minimum absolute atomic E-state index is 0.106. The molecule has 0 aliphatic heterocycles. The van der Waals surface area contributed by atoms with Crippen molar-refractivity contribution in [1.82, 2.24) is 9.78 Å². The van der Waals surface area contributed by atoms with Gasteiger partial charge < -0.3 is 5.11 Å². The van der Waals surface area contributed by atoms with Crippen molar-refractivity contribution in [2.45, 2.75) is 57.4 Å². The molecule has 0 amide bonds. The predicted octanol–water partition coefficient (Wildman–Crippen LogP) is 3.07. The Morgan fingerprint density at radius 3 is 2.30 bits per heavy atom. The van der Waals surface area contributed by atoms with Crippen LogP contribution in [0.3, 0.4) is 0 Å². The van der Waals surface area contributed by atoms with Gasteiger partial charge in [-0.1, -0.05) is 0 Å². The van der Waals surface area contributed by atoms with E-state index >= 15 is 0 Å². The molecule has 0 spiro atoms. The Bertz CT molecular complexity index is 526. The minimum atomic E-state index is -0.810. The summed E-state index contributed by atoms with van der Waals surface area (Å²) in [6, 6.07) is 0. The van der Waals surface area contributed by atoms with E-state index in [4.69, 9.17) is 0 Å². The molecule has 4 aliphatic carbocycles. The van der Waals surface area contributed by atoms with Gasteiger partial charge in [0.05, 0.1) is 11.9 Å². The summed E-state index contributed by atoms with van der Waals surface area (Å²) in [4.78, 5) is 11.6. The van der Waals surface area contributed by atoms with Gasteiger partial charge in [-0.15, -0.1) is 0 Å². The lowest BCUT2D eigenvalue weighted by Gasteiger charge is -2.57.